The molecule has 0 spiro atoms. The molecule has 0 heterocycles. The topological polar surface area (TPSA) is 73.6 Å². The van der Waals surface area contributed by atoms with Crippen LogP contribution in [0.3, 0.4) is 0 Å². The lowest BCUT2D eigenvalue weighted by molar-refractivity contribution is -0.116. The molecule has 0 aliphatic carbocycles. The van der Waals surface area contributed by atoms with E-state index in [-0.39, 0.29) is 18.4 Å². The van der Waals surface area contributed by atoms with Gasteiger partial charge in [-0.3, -0.25) is 4.79 Å². The van der Waals surface area contributed by atoms with Crippen LogP contribution in [-0.2, 0) is 4.79 Å². The number of nitrogens with one attached hydrogen (secondary N) is 1. The van der Waals surface area contributed by atoms with E-state index in [0.717, 1.165) is 12.8 Å². The van der Waals surface area contributed by atoms with Crippen molar-refractivity contribution >= 4 is 23.2 Å². The summed E-state index contributed by atoms with van der Waals surface area (Å²) in [5.41, 5.74) is 6.32. The third kappa shape index (κ3) is 4.58. The minimum atomic E-state index is -0.167. The van der Waals surface area contributed by atoms with Gasteiger partial charge in [-0.05, 0) is 6.42 Å². The van der Waals surface area contributed by atoms with Gasteiger partial charge in [0.05, 0.1) is 24.9 Å². The first-order valence-corrected chi connectivity index (χ1v) is 6.86. The summed E-state index contributed by atoms with van der Waals surface area (Å²) in [6, 6.07) is 3.09. The zero-order valence-corrected chi connectivity index (χ0v) is 12.8. The number of hydrogen-bond acceptors (Lipinski definition) is 4. The van der Waals surface area contributed by atoms with Crippen molar-refractivity contribution in [2.24, 2.45) is 5.73 Å². The summed E-state index contributed by atoms with van der Waals surface area (Å²) in [5.74, 6) is 0.850. The summed E-state index contributed by atoms with van der Waals surface area (Å²) in [6.07, 6.45) is 2.02. The van der Waals surface area contributed by atoms with Crippen LogP contribution in [0.1, 0.15) is 26.2 Å². The van der Waals surface area contributed by atoms with Crippen molar-refractivity contribution in [3.8, 4) is 11.5 Å². The summed E-state index contributed by atoms with van der Waals surface area (Å²) in [4.78, 5) is 11.9. The molecule has 1 rings (SSSR count). The van der Waals surface area contributed by atoms with Crippen LogP contribution in [0.15, 0.2) is 12.1 Å². The number of halogens is 1. The van der Waals surface area contributed by atoms with Crippen molar-refractivity contribution in [3.05, 3.63) is 17.2 Å². The molecule has 0 fully saturated rings. The SMILES string of the molecule is CCCC(N)CC(=O)Nc1cc(OC)c(OC)cc1Cl. The van der Waals surface area contributed by atoms with E-state index in [1.165, 1.54) is 14.2 Å². The number of amides is 1. The molecule has 20 heavy (non-hydrogen) atoms. The maximum absolute atomic E-state index is 11.9. The molecule has 112 valence electrons. The Kier molecular flexibility index (Phi) is 6.61. The van der Waals surface area contributed by atoms with Crippen LogP contribution in [0.25, 0.3) is 0 Å². The van der Waals surface area contributed by atoms with Gasteiger partial charge in [-0.15, -0.1) is 0 Å². The molecule has 0 saturated carbocycles. The Hall–Kier alpha value is -1.46. The second-order valence-electron chi connectivity index (χ2n) is 4.49. The fraction of sp³-hybridized carbons (Fsp3) is 0.500. The average molecular weight is 301 g/mol. The number of hydrogen-bond donors (Lipinski definition) is 2. The van der Waals surface area contributed by atoms with Gasteiger partial charge in [0.1, 0.15) is 0 Å². The van der Waals surface area contributed by atoms with Gasteiger partial charge in [0.15, 0.2) is 11.5 Å². The number of rotatable bonds is 7. The third-order valence-corrected chi connectivity index (χ3v) is 3.17. The molecule has 1 aromatic rings. The minimum absolute atomic E-state index is 0.140. The van der Waals surface area contributed by atoms with Gasteiger partial charge >= 0.3 is 0 Å². The van der Waals surface area contributed by atoms with Crippen molar-refractivity contribution < 1.29 is 14.3 Å². The van der Waals surface area contributed by atoms with E-state index in [2.05, 4.69) is 5.32 Å². The van der Waals surface area contributed by atoms with Crippen molar-refractivity contribution in [3.63, 3.8) is 0 Å². The highest BCUT2D eigenvalue weighted by atomic mass is 35.5. The van der Waals surface area contributed by atoms with Crippen molar-refractivity contribution in [2.45, 2.75) is 32.2 Å². The number of ether oxygens (including phenoxy) is 2. The maximum Gasteiger partial charge on any atom is 0.225 e. The van der Waals surface area contributed by atoms with Gasteiger partial charge in [-0.25, -0.2) is 0 Å². The molecule has 1 atom stereocenters. The third-order valence-electron chi connectivity index (χ3n) is 2.85. The monoisotopic (exact) mass is 300 g/mol. The van der Waals surface area contributed by atoms with E-state index >= 15 is 0 Å². The fourth-order valence-electron chi connectivity index (χ4n) is 1.86. The van der Waals surface area contributed by atoms with E-state index in [0.29, 0.717) is 22.2 Å². The van der Waals surface area contributed by atoms with Gasteiger partial charge in [-0.2, -0.15) is 0 Å². The lowest BCUT2D eigenvalue weighted by Gasteiger charge is -2.14. The minimum Gasteiger partial charge on any atom is -0.493 e. The summed E-state index contributed by atoms with van der Waals surface area (Å²) in [7, 11) is 3.05. The molecule has 0 aliphatic heterocycles. The van der Waals surface area contributed by atoms with Crippen LogP contribution in [0, 0.1) is 0 Å². The number of anilines is 1. The molecule has 0 bridgehead atoms. The zero-order chi connectivity index (χ0) is 15.1. The second-order valence-corrected chi connectivity index (χ2v) is 4.90. The van der Waals surface area contributed by atoms with Crippen LogP contribution >= 0.6 is 11.6 Å². The molecular formula is C14H21ClN2O3. The lowest BCUT2D eigenvalue weighted by atomic mass is 10.1. The highest BCUT2D eigenvalue weighted by molar-refractivity contribution is 6.34. The summed E-state index contributed by atoms with van der Waals surface area (Å²) < 4.78 is 10.3. The summed E-state index contributed by atoms with van der Waals surface area (Å²) >= 11 is 6.10. The molecule has 1 aromatic carbocycles. The Morgan fingerprint density at radius 2 is 1.95 bits per heavy atom. The molecule has 0 saturated heterocycles. The van der Waals surface area contributed by atoms with Crippen molar-refractivity contribution in [1.29, 1.82) is 0 Å². The van der Waals surface area contributed by atoms with Crippen LogP contribution in [0.4, 0.5) is 5.69 Å². The Morgan fingerprint density at radius 3 is 2.50 bits per heavy atom. The molecule has 3 N–H and O–H groups in total. The molecule has 0 aliphatic rings. The average Bonchev–Trinajstić information content (AvgIpc) is 2.40. The summed E-state index contributed by atoms with van der Waals surface area (Å²) in [5, 5.41) is 3.13. The largest absolute Gasteiger partial charge is 0.493 e. The van der Waals surface area contributed by atoms with E-state index in [4.69, 9.17) is 26.8 Å². The van der Waals surface area contributed by atoms with Crippen LogP contribution in [0.2, 0.25) is 5.02 Å². The molecule has 0 aromatic heterocycles. The molecule has 1 amide bonds. The molecule has 1 unspecified atom stereocenters. The van der Waals surface area contributed by atoms with E-state index < -0.39 is 0 Å². The number of methoxy groups -OCH3 is 2. The van der Waals surface area contributed by atoms with Gasteiger partial charge < -0.3 is 20.5 Å². The predicted octanol–water partition coefficient (Wildman–Crippen LogP) is 2.81. The molecule has 0 radical (unpaired) electrons. The van der Waals surface area contributed by atoms with Gasteiger partial charge in [-0.1, -0.05) is 24.9 Å². The van der Waals surface area contributed by atoms with Crippen LogP contribution in [0.5, 0.6) is 11.5 Å². The molecule has 6 heteroatoms. The standard InChI is InChI=1S/C14H21ClN2O3/c1-4-5-9(16)6-14(18)17-11-8-13(20-3)12(19-2)7-10(11)15/h7-9H,4-6,16H2,1-3H3,(H,17,18). The van der Waals surface area contributed by atoms with E-state index in [1.54, 1.807) is 12.1 Å². The van der Waals surface area contributed by atoms with E-state index in [9.17, 15) is 4.79 Å². The summed E-state index contributed by atoms with van der Waals surface area (Å²) in [6.45, 7) is 2.03. The lowest BCUT2D eigenvalue weighted by Crippen LogP contribution is -2.26. The second kappa shape index (κ2) is 7.97. The quantitative estimate of drug-likeness (QED) is 0.812. The highest BCUT2D eigenvalue weighted by Gasteiger charge is 2.14. The van der Waals surface area contributed by atoms with Crippen LogP contribution in [-0.4, -0.2) is 26.2 Å². The Balaban J connectivity index is 2.79. The number of carbonyl (C=O) groups is 1. The maximum atomic E-state index is 11.9. The van der Waals surface area contributed by atoms with E-state index in [1.807, 2.05) is 6.92 Å². The number of benzene rings is 1. The van der Waals surface area contributed by atoms with Gasteiger partial charge in [0, 0.05) is 24.6 Å². The van der Waals surface area contributed by atoms with Gasteiger partial charge in [0.2, 0.25) is 5.91 Å². The smallest absolute Gasteiger partial charge is 0.225 e. The number of nitrogens with two attached hydrogens (primary N) is 1. The highest BCUT2D eigenvalue weighted by Crippen LogP contribution is 2.36. The Bertz CT molecular complexity index is 466. The first kappa shape index (κ1) is 16.6. The van der Waals surface area contributed by atoms with Crippen molar-refractivity contribution in [2.75, 3.05) is 19.5 Å². The first-order valence-electron chi connectivity index (χ1n) is 6.48. The predicted molar refractivity (Wildman–Crippen MR) is 80.7 cm³/mol. The Labute approximate surface area is 124 Å². The zero-order valence-electron chi connectivity index (χ0n) is 12.0. The van der Waals surface area contributed by atoms with Gasteiger partial charge in [0.25, 0.3) is 0 Å². The Morgan fingerprint density at radius 1 is 1.35 bits per heavy atom. The molecule has 5 nitrogen and oxygen atoms in total. The normalized spacial score (nSPS) is 11.8. The fourth-order valence-corrected chi connectivity index (χ4v) is 2.06. The number of carbonyl (C=O) groups excluding carboxylic acids is 1. The van der Waals surface area contributed by atoms with Crippen molar-refractivity contribution in [1.82, 2.24) is 0 Å². The molecular weight excluding hydrogens is 280 g/mol. The van der Waals surface area contributed by atoms with Crippen LogP contribution < -0.4 is 20.5 Å². The first-order chi connectivity index (χ1) is 9.51.